The number of carbonyl (C=O) groups is 1. The summed E-state index contributed by atoms with van der Waals surface area (Å²) in [5.41, 5.74) is 6.58. The maximum absolute atomic E-state index is 11.9. The van der Waals surface area contributed by atoms with Crippen molar-refractivity contribution in [2.45, 2.75) is 13.0 Å². The van der Waals surface area contributed by atoms with E-state index in [9.17, 15) is 4.79 Å². The molecule has 0 aliphatic heterocycles. The fourth-order valence-electron chi connectivity index (χ4n) is 1.30. The van der Waals surface area contributed by atoms with E-state index in [1.165, 1.54) is 7.11 Å². The van der Waals surface area contributed by atoms with Gasteiger partial charge in [0.1, 0.15) is 0 Å². The number of nitrogens with one attached hydrogen (secondary N) is 1. The third-order valence-electron chi connectivity index (χ3n) is 2.21. The van der Waals surface area contributed by atoms with E-state index in [1.54, 1.807) is 24.3 Å². The molecule has 0 aliphatic carbocycles. The van der Waals surface area contributed by atoms with Crippen LogP contribution < -0.4 is 15.8 Å². The molecule has 1 atom stereocenters. The fraction of sp³-hybridized carbons (Fsp3) is 0.250. The van der Waals surface area contributed by atoms with Crippen LogP contribution in [-0.2, 0) is 0 Å². The standard InChI is InChI=1S/C12H16N2O2/c1-4-8(2)14-12(15)9-6-5-7-10(13)11(9)16-3/h4-8H,1,13H2,2-3H3,(H,14,15). The lowest BCUT2D eigenvalue weighted by Gasteiger charge is -2.13. The topological polar surface area (TPSA) is 64.4 Å². The Balaban J connectivity index is 2.99. The Morgan fingerprint density at radius 2 is 2.31 bits per heavy atom. The fourth-order valence-corrected chi connectivity index (χ4v) is 1.30. The van der Waals surface area contributed by atoms with Gasteiger partial charge in [0.05, 0.1) is 18.4 Å². The van der Waals surface area contributed by atoms with Crippen molar-refractivity contribution in [3.8, 4) is 5.75 Å². The monoisotopic (exact) mass is 220 g/mol. The Morgan fingerprint density at radius 3 is 2.88 bits per heavy atom. The Labute approximate surface area is 95.1 Å². The SMILES string of the molecule is C=CC(C)NC(=O)c1cccc(N)c1OC. The molecule has 0 bridgehead atoms. The van der Waals surface area contributed by atoms with Gasteiger partial charge in [-0.05, 0) is 19.1 Å². The van der Waals surface area contributed by atoms with Gasteiger partial charge in [-0.3, -0.25) is 4.79 Å². The van der Waals surface area contributed by atoms with E-state index in [1.807, 2.05) is 6.92 Å². The number of ether oxygens (including phenoxy) is 1. The molecule has 0 saturated heterocycles. The van der Waals surface area contributed by atoms with E-state index in [0.29, 0.717) is 17.0 Å². The molecular formula is C12H16N2O2. The summed E-state index contributed by atoms with van der Waals surface area (Å²) >= 11 is 0. The van der Waals surface area contributed by atoms with Crippen molar-refractivity contribution >= 4 is 11.6 Å². The molecule has 0 radical (unpaired) electrons. The Morgan fingerprint density at radius 1 is 1.62 bits per heavy atom. The molecule has 86 valence electrons. The summed E-state index contributed by atoms with van der Waals surface area (Å²) in [5, 5.41) is 2.76. The van der Waals surface area contributed by atoms with E-state index in [-0.39, 0.29) is 11.9 Å². The van der Waals surface area contributed by atoms with Crippen molar-refractivity contribution < 1.29 is 9.53 Å². The van der Waals surface area contributed by atoms with Gasteiger partial charge < -0.3 is 15.8 Å². The van der Waals surface area contributed by atoms with Crippen molar-refractivity contribution in [2.75, 3.05) is 12.8 Å². The highest BCUT2D eigenvalue weighted by molar-refractivity contribution is 5.98. The zero-order chi connectivity index (χ0) is 12.1. The number of carbonyl (C=O) groups excluding carboxylic acids is 1. The van der Waals surface area contributed by atoms with Crippen LogP contribution in [0.2, 0.25) is 0 Å². The van der Waals surface area contributed by atoms with Crippen LogP contribution >= 0.6 is 0 Å². The molecule has 1 aromatic rings. The van der Waals surface area contributed by atoms with Crippen molar-refractivity contribution in [1.82, 2.24) is 5.32 Å². The van der Waals surface area contributed by atoms with Crippen molar-refractivity contribution in [1.29, 1.82) is 0 Å². The van der Waals surface area contributed by atoms with Gasteiger partial charge in [0.15, 0.2) is 5.75 Å². The van der Waals surface area contributed by atoms with Crippen LogP contribution in [0.15, 0.2) is 30.9 Å². The summed E-state index contributed by atoms with van der Waals surface area (Å²) in [4.78, 5) is 11.9. The summed E-state index contributed by atoms with van der Waals surface area (Å²) < 4.78 is 5.10. The molecule has 0 fully saturated rings. The highest BCUT2D eigenvalue weighted by atomic mass is 16.5. The number of hydrogen-bond donors (Lipinski definition) is 2. The van der Waals surface area contributed by atoms with Crippen LogP contribution in [0.5, 0.6) is 5.75 Å². The van der Waals surface area contributed by atoms with E-state index in [0.717, 1.165) is 0 Å². The van der Waals surface area contributed by atoms with Gasteiger partial charge in [-0.2, -0.15) is 0 Å². The third kappa shape index (κ3) is 2.53. The van der Waals surface area contributed by atoms with Crippen LogP contribution in [0.25, 0.3) is 0 Å². The molecule has 0 aliphatic rings. The zero-order valence-electron chi connectivity index (χ0n) is 9.49. The van der Waals surface area contributed by atoms with Gasteiger partial charge in [-0.25, -0.2) is 0 Å². The first kappa shape index (κ1) is 12.1. The molecule has 0 spiro atoms. The number of para-hydroxylation sites is 1. The zero-order valence-corrected chi connectivity index (χ0v) is 9.49. The van der Waals surface area contributed by atoms with Gasteiger partial charge >= 0.3 is 0 Å². The largest absolute Gasteiger partial charge is 0.494 e. The first-order valence-electron chi connectivity index (χ1n) is 4.96. The minimum atomic E-state index is -0.225. The van der Waals surface area contributed by atoms with Crippen molar-refractivity contribution in [2.24, 2.45) is 0 Å². The molecule has 16 heavy (non-hydrogen) atoms. The van der Waals surface area contributed by atoms with E-state index in [2.05, 4.69) is 11.9 Å². The van der Waals surface area contributed by atoms with Gasteiger partial charge in [0.2, 0.25) is 0 Å². The summed E-state index contributed by atoms with van der Waals surface area (Å²) in [6.45, 7) is 5.43. The number of nitrogens with two attached hydrogens (primary N) is 1. The second kappa shape index (κ2) is 5.21. The Kier molecular flexibility index (Phi) is 3.94. The molecule has 3 N–H and O–H groups in total. The average Bonchev–Trinajstić information content (AvgIpc) is 2.28. The smallest absolute Gasteiger partial charge is 0.255 e. The van der Waals surface area contributed by atoms with Crippen LogP contribution in [-0.4, -0.2) is 19.1 Å². The quantitative estimate of drug-likeness (QED) is 0.598. The highest BCUT2D eigenvalue weighted by Crippen LogP contribution is 2.25. The number of amides is 1. The minimum Gasteiger partial charge on any atom is -0.494 e. The first-order valence-corrected chi connectivity index (χ1v) is 4.96. The number of hydrogen-bond acceptors (Lipinski definition) is 3. The maximum atomic E-state index is 11.9. The lowest BCUT2D eigenvalue weighted by Crippen LogP contribution is -2.31. The molecule has 0 heterocycles. The molecule has 1 rings (SSSR count). The molecule has 1 unspecified atom stereocenters. The molecule has 0 saturated carbocycles. The number of methoxy groups -OCH3 is 1. The van der Waals surface area contributed by atoms with Crippen LogP contribution in [0.3, 0.4) is 0 Å². The van der Waals surface area contributed by atoms with Crippen LogP contribution in [0, 0.1) is 0 Å². The second-order valence-electron chi connectivity index (χ2n) is 3.43. The van der Waals surface area contributed by atoms with E-state index in [4.69, 9.17) is 10.5 Å². The second-order valence-corrected chi connectivity index (χ2v) is 3.43. The Bertz CT molecular complexity index is 402. The minimum absolute atomic E-state index is 0.0985. The lowest BCUT2D eigenvalue weighted by atomic mass is 10.1. The predicted molar refractivity (Wildman–Crippen MR) is 64.5 cm³/mol. The summed E-state index contributed by atoms with van der Waals surface area (Å²) in [6, 6.07) is 4.97. The molecule has 4 heteroatoms. The normalized spacial score (nSPS) is 11.6. The lowest BCUT2D eigenvalue weighted by molar-refractivity contribution is 0.0944. The van der Waals surface area contributed by atoms with Gasteiger partial charge in [0, 0.05) is 6.04 Å². The number of rotatable bonds is 4. The summed E-state index contributed by atoms with van der Waals surface area (Å²) in [5.74, 6) is 0.174. The van der Waals surface area contributed by atoms with Gasteiger partial charge in [-0.1, -0.05) is 12.1 Å². The van der Waals surface area contributed by atoms with E-state index < -0.39 is 0 Å². The third-order valence-corrected chi connectivity index (χ3v) is 2.21. The Hall–Kier alpha value is -1.97. The number of anilines is 1. The highest BCUT2D eigenvalue weighted by Gasteiger charge is 2.14. The molecule has 1 aromatic carbocycles. The predicted octanol–water partition coefficient (Wildman–Crippen LogP) is 1.58. The number of nitrogen functional groups attached to an aromatic ring is 1. The maximum Gasteiger partial charge on any atom is 0.255 e. The van der Waals surface area contributed by atoms with Crippen molar-refractivity contribution in [3.05, 3.63) is 36.4 Å². The molecule has 4 nitrogen and oxygen atoms in total. The van der Waals surface area contributed by atoms with Gasteiger partial charge in [-0.15, -0.1) is 6.58 Å². The molecule has 1 amide bonds. The van der Waals surface area contributed by atoms with Crippen LogP contribution in [0.1, 0.15) is 17.3 Å². The van der Waals surface area contributed by atoms with Crippen molar-refractivity contribution in [3.63, 3.8) is 0 Å². The summed E-state index contributed by atoms with van der Waals surface area (Å²) in [7, 11) is 1.49. The first-order chi connectivity index (χ1) is 7.60. The van der Waals surface area contributed by atoms with Gasteiger partial charge in [0.25, 0.3) is 5.91 Å². The summed E-state index contributed by atoms with van der Waals surface area (Å²) in [6.07, 6.45) is 1.65. The molecule has 0 aromatic heterocycles. The number of benzene rings is 1. The average molecular weight is 220 g/mol. The van der Waals surface area contributed by atoms with E-state index >= 15 is 0 Å². The van der Waals surface area contributed by atoms with Crippen LogP contribution in [0.4, 0.5) is 5.69 Å². The molecular weight excluding hydrogens is 204 g/mol.